The molecule has 4 heteroatoms. The minimum atomic E-state index is -0.479. The molecule has 1 aliphatic carbocycles. The van der Waals surface area contributed by atoms with Gasteiger partial charge in [-0.2, -0.15) is 4.39 Å². The first-order chi connectivity index (χ1) is 7.24. The summed E-state index contributed by atoms with van der Waals surface area (Å²) in [5, 5.41) is 3.16. The van der Waals surface area contributed by atoms with Crippen molar-refractivity contribution in [2.24, 2.45) is 11.8 Å². The molecule has 0 aliphatic heterocycles. The van der Waals surface area contributed by atoms with Gasteiger partial charge in [0.15, 0.2) is 0 Å². The molecule has 1 aromatic rings. The third-order valence-electron chi connectivity index (χ3n) is 3.01. The fraction of sp³-hybridized carbons (Fsp3) is 0.636. The minimum absolute atomic E-state index is 0.479. The number of hydrogen-bond donors (Lipinski definition) is 1. The van der Waals surface area contributed by atoms with Gasteiger partial charge in [-0.25, -0.2) is 9.97 Å². The van der Waals surface area contributed by atoms with Crippen molar-refractivity contribution in [2.75, 3.05) is 11.9 Å². The molecule has 1 fully saturated rings. The molecule has 82 valence electrons. The molecule has 3 nitrogen and oxygen atoms in total. The van der Waals surface area contributed by atoms with Crippen LogP contribution in [0.4, 0.5) is 10.2 Å². The molecule has 1 saturated carbocycles. The van der Waals surface area contributed by atoms with Crippen LogP contribution in [0.25, 0.3) is 0 Å². The molecule has 1 aliphatic rings. The Morgan fingerprint density at radius 1 is 1.47 bits per heavy atom. The predicted molar refractivity (Wildman–Crippen MR) is 57.0 cm³/mol. The van der Waals surface area contributed by atoms with E-state index in [9.17, 15) is 4.39 Å². The Hall–Kier alpha value is -1.19. The number of hydrogen-bond acceptors (Lipinski definition) is 3. The van der Waals surface area contributed by atoms with Gasteiger partial charge in [-0.15, -0.1) is 0 Å². The summed E-state index contributed by atoms with van der Waals surface area (Å²) >= 11 is 0. The van der Waals surface area contributed by atoms with Crippen LogP contribution in [0, 0.1) is 17.8 Å². The van der Waals surface area contributed by atoms with E-state index in [4.69, 9.17) is 0 Å². The van der Waals surface area contributed by atoms with Crippen LogP contribution in [0.1, 0.15) is 26.2 Å². The highest BCUT2D eigenvalue weighted by molar-refractivity contribution is 5.32. The molecule has 2 unspecified atom stereocenters. The Morgan fingerprint density at radius 3 is 3.00 bits per heavy atom. The van der Waals surface area contributed by atoms with E-state index >= 15 is 0 Å². The molecule has 0 spiro atoms. The van der Waals surface area contributed by atoms with Crippen molar-refractivity contribution >= 4 is 5.82 Å². The minimum Gasteiger partial charge on any atom is -0.370 e. The van der Waals surface area contributed by atoms with Crippen LogP contribution >= 0.6 is 0 Å². The Balaban J connectivity index is 1.83. The lowest BCUT2D eigenvalue weighted by atomic mass is 10.1. The van der Waals surface area contributed by atoms with Crippen LogP contribution in [-0.4, -0.2) is 16.5 Å². The van der Waals surface area contributed by atoms with E-state index in [0.717, 1.165) is 12.5 Å². The van der Waals surface area contributed by atoms with Gasteiger partial charge >= 0.3 is 0 Å². The zero-order chi connectivity index (χ0) is 10.7. The molecule has 0 bridgehead atoms. The van der Waals surface area contributed by atoms with E-state index < -0.39 is 5.95 Å². The van der Waals surface area contributed by atoms with Crippen molar-refractivity contribution < 1.29 is 4.39 Å². The quantitative estimate of drug-likeness (QED) is 0.777. The van der Waals surface area contributed by atoms with Crippen molar-refractivity contribution in [2.45, 2.75) is 26.2 Å². The smallest absolute Gasteiger partial charge is 0.217 e. The molecule has 15 heavy (non-hydrogen) atoms. The highest BCUT2D eigenvalue weighted by Crippen LogP contribution is 2.30. The van der Waals surface area contributed by atoms with Gasteiger partial charge in [0.2, 0.25) is 5.95 Å². The summed E-state index contributed by atoms with van der Waals surface area (Å²) in [4.78, 5) is 7.37. The molecular formula is C11H16FN3. The van der Waals surface area contributed by atoms with Gasteiger partial charge in [-0.05, 0) is 24.7 Å². The molecule has 0 amide bonds. The third-order valence-corrected chi connectivity index (χ3v) is 3.01. The average Bonchev–Trinajstić information content (AvgIpc) is 2.62. The molecule has 1 N–H and O–H groups in total. The fourth-order valence-corrected chi connectivity index (χ4v) is 2.19. The average molecular weight is 209 g/mol. The maximum absolute atomic E-state index is 12.7. The van der Waals surface area contributed by atoms with Crippen LogP contribution in [0.5, 0.6) is 0 Å². The van der Waals surface area contributed by atoms with Crippen LogP contribution in [0.3, 0.4) is 0 Å². The highest BCUT2D eigenvalue weighted by Gasteiger charge is 2.20. The summed E-state index contributed by atoms with van der Waals surface area (Å²) in [6.07, 6.45) is 5.09. The summed E-state index contributed by atoms with van der Waals surface area (Å²) in [6, 6.07) is 1.33. The monoisotopic (exact) mass is 209 g/mol. The zero-order valence-electron chi connectivity index (χ0n) is 8.91. The standard InChI is InChI=1S/C11H16FN3/c1-8-2-3-9(4-8)6-13-11-5-10(12)14-7-15-11/h5,7-9H,2-4,6H2,1H3,(H,13,14,15). The van der Waals surface area contributed by atoms with Crippen LogP contribution < -0.4 is 5.32 Å². The topological polar surface area (TPSA) is 37.8 Å². The molecular weight excluding hydrogens is 193 g/mol. The first-order valence-corrected chi connectivity index (χ1v) is 5.45. The second-order valence-electron chi connectivity index (χ2n) is 4.39. The number of nitrogens with zero attached hydrogens (tertiary/aromatic N) is 2. The van der Waals surface area contributed by atoms with Crippen LogP contribution in [-0.2, 0) is 0 Å². The Morgan fingerprint density at radius 2 is 2.33 bits per heavy atom. The fourth-order valence-electron chi connectivity index (χ4n) is 2.19. The maximum atomic E-state index is 12.7. The van der Waals surface area contributed by atoms with E-state index in [1.807, 2.05) is 0 Å². The molecule has 2 atom stereocenters. The van der Waals surface area contributed by atoms with Gasteiger partial charge in [-0.1, -0.05) is 13.3 Å². The number of aromatic nitrogens is 2. The number of rotatable bonds is 3. The van der Waals surface area contributed by atoms with Gasteiger partial charge in [0.05, 0.1) is 0 Å². The second-order valence-corrected chi connectivity index (χ2v) is 4.39. The van der Waals surface area contributed by atoms with Crippen molar-refractivity contribution in [3.05, 3.63) is 18.3 Å². The summed E-state index contributed by atoms with van der Waals surface area (Å²) in [5.41, 5.74) is 0. The second kappa shape index (κ2) is 4.55. The van der Waals surface area contributed by atoms with E-state index in [1.165, 1.54) is 31.7 Å². The van der Waals surface area contributed by atoms with E-state index in [1.54, 1.807) is 0 Å². The largest absolute Gasteiger partial charge is 0.370 e. The predicted octanol–water partition coefficient (Wildman–Crippen LogP) is 2.46. The summed E-state index contributed by atoms with van der Waals surface area (Å²) in [6.45, 7) is 3.17. The first kappa shape index (κ1) is 10.3. The number of anilines is 1. The van der Waals surface area contributed by atoms with Crippen LogP contribution in [0.2, 0.25) is 0 Å². The summed E-state index contributed by atoms with van der Waals surface area (Å²) < 4.78 is 12.7. The van der Waals surface area contributed by atoms with E-state index in [0.29, 0.717) is 11.7 Å². The molecule has 1 aromatic heterocycles. The third kappa shape index (κ3) is 2.88. The van der Waals surface area contributed by atoms with Crippen molar-refractivity contribution in [1.29, 1.82) is 0 Å². The Kier molecular flexibility index (Phi) is 3.14. The lowest BCUT2D eigenvalue weighted by Crippen LogP contribution is -2.12. The molecule has 1 heterocycles. The van der Waals surface area contributed by atoms with Crippen molar-refractivity contribution in [1.82, 2.24) is 9.97 Å². The molecule has 0 saturated heterocycles. The van der Waals surface area contributed by atoms with Crippen LogP contribution in [0.15, 0.2) is 12.4 Å². The lowest BCUT2D eigenvalue weighted by molar-refractivity contribution is 0.535. The Labute approximate surface area is 89.1 Å². The number of nitrogens with one attached hydrogen (secondary N) is 1. The van der Waals surface area contributed by atoms with Gasteiger partial charge in [0.25, 0.3) is 0 Å². The highest BCUT2D eigenvalue weighted by atomic mass is 19.1. The Bertz CT molecular complexity index is 329. The zero-order valence-corrected chi connectivity index (χ0v) is 8.91. The van der Waals surface area contributed by atoms with Gasteiger partial charge in [0, 0.05) is 12.6 Å². The van der Waals surface area contributed by atoms with Crippen molar-refractivity contribution in [3.8, 4) is 0 Å². The first-order valence-electron chi connectivity index (χ1n) is 5.45. The lowest BCUT2D eigenvalue weighted by Gasteiger charge is -2.11. The SMILES string of the molecule is CC1CCC(CNc2cc(F)ncn2)C1. The van der Waals surface area contributed by atoms with Crippen molar-refractivity contribution in [3.63, 3.8) is 0 Å². The van der Waals surface area contributed by atoms with E-state index in [-0.39, 0.29) is 0 Å². The normalized spacial score (nSPS) is 25.5. The summed E-state index contributed by atoms with van der Waals surface area (Å²) in [7, 11) is 0. The molecule has 0 aromatic carbocycles. The maximum Gasteiger partial charge on any atom is 0.217 e. The van der Waals surface area contributed by atoms with E-state index in [2.05, 4.69) is 22.2 Å². The molecule has 0 radical (unpaired) electrons. The summed E-state index contributed by atoms with van der Waals surface area (Å²) in [5.74, 6) is 1.64. The van der Waals surface area contributed by atoms with Gasteiger partial charge in [0.1, 0.15) is 12.1 Å². The van der Waals surface area contributed by atoms with Gasteiger partial charge < -0.3 is 5.32 Å². The van der Waals surface area contributed by atoms with Gasteiger partial charge in [-0.3, -0.25) is 0 Å². The number of halogens is 1. The molecule has 2 rings (SSSR count).